The van der Waals surface area contributed by atoms with Crippen LogP contribution < -0.4 is 11.5 Å². The molecule has 0 radical (unpaired) electrons. The Morgan fingerprint density at radius 1 is 1.59 bits per heavy atom. The minimum Gasteiger partial charge on any atom is -0.480 e. The Kier molecular flexibility index (Phi) is 6.42. The molecule has 0 fully saturated rings. The van der Waals surface area contributed by atoms with Crippen molar-refractivity contribution in [2.75, 3.05) is 13.2 Å². The number of aliphatic carboxylic acids is 1. The van der Waals surface area contributed by atoms with Gasteiger partial charge in [0, 0.05) is 6.54 Å². The number of carbonyl (C=O) groups is 1. The summed E-state index contributed by atoms with van der Waals surface area (Å²) in [5.74, 6) is -0.666. The van der Waals surface area contributed by atoms with Crippen LogP contribution >= 0.6 is 0 Å². The van der Waals surface area contributed by atoms with Crippen LogP contribution in [-0.4, -0.2) is 35.7 Å². The molecule has 0 bridgehead atoms. The number of halogens is 1. The van der Waals surface area contributed by atoms with Crippen molar-refractivity contribution in [3.8, 4) is 0 Å². The molecule has 0 saturated heterocycles. The number of alkyl halides is 1. The first-order chi connectivity index (χ1) is 7.79. The van der Waals surface area contributed by atoms with Gasteiger partial charge in [-0.05, 0) is 32.3 Å². The number of carboxylic acid groups (broad SMARTS) is 1. The number of hydrogen-bond acceptors (Lipinski definition) is 3. The summed E-state index contributed by atoms with van der Waals surface area (Å²) in [6.07, 6.45) is 2.03. The highest BCUT2D eigenvalue weighted by atomic mass is 19.1. The van der Waals surface area contributed by atoms with E-state index in [4.69, 9.17) is 16.6 Å². The molecule has 0 aliphatic rings. The van der Waals surface area contributed by atoms with E-state index < -0.39 is 18.2 Å². The maximum absolute atomic E-state index is 12.6. The van der Waals surface area contributed by atoms with Crippen LogP contribution in [0.5, 0.6) is 0 Å². The van der Waals surface area contributed by atoms with E-state index in [2.05, 4.69) is 4.99 Å². The standard InChI is InChI=1S/C11H20FN3O2/c1-8(13)15-6-4-9(7-12)3-5-11(2,14)10(16)17/h3H,4-7,14H2,1-2H3,(H2,13,15)(H,16,17). The third kappa shape index (κ3) is 6.68. The second kappa shape index (κ2) is 7.01. The Hall–Kier alpha value is -1.43. The fourth-order valence-corrected chi connectivity index (χ4v) is 1.04. The molecule has 0 aromatic heterocycles. The molecular formula is C11H20FN3O2. The minimum atomic E-state index is -1.37. The SMILES string of the molecule is CC(N)=NCCC(=CCC(C)(N)C(=O)O)CF. The lowest BCUT2D eigenvalue weighted by Crippen LogP contribution is -2.44. The Balaban J connectivity index is 4.36. The first kappa shape index (κ1) is 15.6. The van der Waals surface area contributed by atoms with Gasteiger partial charge in [0.25, 0.3) is 0 Å². The third-order valence-electron chi connectivity index (χ3n) is 2.27. The largest absolute Gasteiger partial charge is 0.480 e. The van der Waals surface area contributed by atoms with Gasteiger partial charge in [-0.1, -0.05) is 6.08 Å². The minimum absolute atomic E-state index is 0.0902. The molecule has 98 valence electrons. The Bertz CT molecular complexity index is 321. The molecule has 1 atom stereocenters. The molecule has 0 aromatic rings. The molecule has 0 aromatic carbocycles. The summed E-state index contributed by atoms with van der Waals surface area (Å²) in [6.45, 7) is 2.81. The molecule has 6 heteroatoms. The van der Waals surface area contributed by atoms with Crippen molar-refractivity contribution in [1.82, 2.24) is 0 Å². The van der Waals surface area contributed by atoms with E-state index in [1.54, 1.807) is 6.92 Å². The van der Waals surface area contributed by atoms with Crippen molar-refractivity contribution in [1.29, 1.82) is 0 Å². The quantitative estimate of drug-likeness (QED) is 0.351. The van der Waals surface area contributed by atoms with E-state index in [-0.39, 0.29) is 6.42 Å². The van der Waals surface area contributed by atoms with Crippen LogP contribution in [0.2, 0.25) is 0 Å². The van der Waals surface area contributed by atoms with Crippen molar-refractivity contribution in [3.05, 3.63) is 11.6 Å². The highest BCUT2D eigenvalue weighted by Crippen LogP contribution is 2.11. The van der Waals surface area contributed by atoms with Crippen molar-refractivity contribution < 1.29 is 14.3 Å². The maximum atomic E-state index is 12.6. The molecule has 0 amide bonds. The molecule has 0 spiro atoms. The topological polar surface area (TPSA) is 102 Å². The zero-order valence-corrected chi connectivity index (χ0v) is 10.2. The summed E-state index contributed by atoms with van der Waals surface area (Å²) in [6, 6.07) is 0. The predicted octanol–water partition coefficient (Wildman–Crippen LogP) is 0.842. The Morgan fingerprint density at radius 3 is 2.59 bits per heavy atom. The van der Waals surface area contributed by atoms with Gasteiger partial charge >= 0.3 is 5.97 Å². The number of carboxylic acids is 1. The lowest BCUT2D eigenvalue weighted by Gasteiger charge is -2.17. The summed E-state index contributed by atoms with van der Waals surface area (Å²) >= 11 is 0. The predicted molar refractivity (Wildman–Crippen MR) is 65.7 cm³/mol. The van der Waals surface area contributed by atoms with E-state index in [1.807, 2.05) is 0 Å². The Morgan fingerprint density at radius 2 is 2.18 bits per heavy atom. The van der Waals surface area contributed by atoms with Gasteiger partial charge in [-0.2, -0.15) is 0 Å². The Labute approximate surface area is 100 Å². The van der Waals surface area contributed by atoms with Gasteiger partial charge in [0.05, 0.1) is 5.84 Å². The molecule has 0 heterocycles. The second-order valence-corrected chi connectivity index (χ2v) is 4.20. The van der Waals surface area contributed by atoms with Crippen LogP contribution in [0.15, 0.2) is 16.6 Å². The van der Waals surface area contributed by atoms with Crippen molar-refractivity contribution >= 4 is 11.8 Å². The van der Waals surface area contributed by atoms with Crippen LogP contribution in [0, 0.1) is 0 Å². The molecule has 0 saturated carbocycles. The van der Waals surface area contributed by atoms with E-state index in [9.17, 15) is 9.18 Å². The lowest BCUT2D eigenvalue weighted by atomic mass is 9.97. The molecule has 5 nitrogen and oxygen atoms in total. The van der Waals surface area contributed by atoms with Crippen molar-refractivity contribution in [2.45, 2.75) is 32.2 Å². The van der Waals surface area contributed by atoms with E-state index in [1.165, 1.54) is 13.0 Å². The number of amidine groups is 1. The average molecular weight is 245 g/mol. The summed E-state index contributed by atoms with van der Waals surface area (Å²) in [7, 11) is 0. The van der Waals surface area contributed by atoms with E-state index in [0.717, 1.165) is 0 Å². The van der Waals surface area contributed by atoms with E-state index in [0.29, 0.717) is 24.4 Å². The molecular weight excluding hydrogens is 225 g/mol. The molecule has 17 heavy (non-hydrogen) atoms. The second-order valence-electron chi connectivity index (χ2n) is 4.20. The van der Waals surface area contributed by atoms with Gasteiger partial charge in [0.15, 0.2) is 0 Å². The van der Waals surface area contributed by atoms with Crippen LogP contribution in [0.25, 0.3) is 0 Å². The average Bonchev–Trinajstić information content (AvgIpc) is 2.22. The zero-order chi connectivity index (χ0) is 13.5. The van der Waals surface area contributed by atoms with Crippen molar-refractivity contribution in [3.63, 3.8) is 0 Å². The summed E-state index contributed by atoms with van der Waals surface area (Å²) in [5, 5.41) is 8.79. The number of rotatable bonds is 7. The first-order valence-corrected chi connectivity index (χ1v) is 5.32. The fraction of sp³-hybridized carbons (Fsp3) is 0.636. The van der Waals surface area contributed by atoms with Crippen LogP contribution in [0.4, 0.5) is 4.39 Å². The molecule has 1 unspecified atom stereocenters. The highest BCUT2D eigenvalue weighted by Gasteiger charge is 2.26. The maximum Gasteiger partial charge on any atom is 0.323 e. The smallest absolute Gasteiger partial charge is 0.323 e. The molecule has 5 N–H and O–H groups in total. The summed E-state index contributed by atoms with van der Waals surface area (Å²) < 4.78 is 12.6. The molecule has 0 aliphatic heterocycles. The summed E-state index contributed by atoms with van der Waals surface area (Å²) in [4.78, 5) is 14.7. The van der Waals surface area contributed by atoms with E-state index >= 15 is 0 Å². The van der Waals surface area contributed by atoms with Gasteiger partial charge < -0.3 is 16.6 Å². The van der Waals surface area contributed by atoms with Gasteiger partial charge in [0.1, 0.15) is 12.2 Å². The number of nitrogens with zero attached hydrogens (tertiary/aromatic N) is 1. The van der Waals surface area contributed by atoms with Gasteiger partial charge in [-0.25, -0.2) is 4.39 Å². The number of nitrogens with two attached hydrogens (primary N) is 2. The first-order valence-electron chi connectivity index (χ1n) is 5.32. The van der Waals surface area contributed by atoms with Gasteiger partial charge in [0.2, 0.25) is 0 Å². The zero-order valence-electron chi connectivity index (χ0n) is 10.2. The normalized spacial score (nSPS) is 16.7. The van der Waals surface area contributed by atoms with Gasteiger partial charge in [-0.3, -0.25) is 9.79 Å². The number of hydrogen-bond donors (Lipinski definition) is 3. The van der Waals surface area contributed by atoms with Crippen LogP contribution in [-0.2, 0) is 4.79 Å². The third-order valence-corrected chi connectivity index (χ3v) is 2.27. The fourth-order valence-electron chi connectivity index (χ4n) is 1.04. The monoisotopic (exact) mass is 245 g/mol. The van der Waals surface area contributed by atoms with Crippen LogP contribution in [0.3, 0.4) is 0 Å². The highest BCUT2D eigenvalue weighted by molar-refractivity contribution is 5.78. The number of aliphatic imine (C=N–C) groups is 1. The van der Waals surface area contributed by atoms with Gasteiger partial charge in [-0.15, -0.1) is 0 Å². The molecule has 0 rings (SSSR count). The summed E-state index contributed by atoms with van der Waals surface area (Å²) in [5.41, 5.74) is 9.99. The van der Waals surface area contributed by atoms with Crippen molar-refractivity contribution in [2.24, 2.45) is 16.5 Å². The molecule has 0 aliphatic carbocycles. The van der Waals surface area contributed by atoms with Crippen LogP contribution in [0.1, 0.15) is 26.7 Å². The lowest BCUT2D eigenvalue weighted by molar-refractivity contribution is -0.142.